The van der Waals surface area contributed by atoms with Crippen LogP contribution in [0.15, 0.2) is 78.0 Å². The van der Waals surface area contributed by atoms with Gasteiger partial charge in [-0.25, -0.2) is 4.39 Å². The fraction of sp³-hybridized carbons (Fsp3) is 0.192. The molecular weight excluding hydrogens is 487 g/mol. The smallest absolute Gasteiger partial charge is 0.220 e. The van der Waals surface area contributed by atoms with Gasteiger partial charge >= 0.3 is 0 Å². The fourth-order valence-corrected chi connectivity index (χ4v) is 4.63. The highest BCUT2D eigenvalue weighted by molar-refractivity contribution is 7.98. The largest absolute Gasteiger partial charge is 0.496 e. The lowest BCUT2D eigenvalue weighted by molar-refractivity contribution is -0.121. The summed E-state index contributed by atoms with van der Waals surface area (Å²) >= 11 is 7.72. The highest BCUT2D eigenvalue weighted by Crippen LogP contribution is 2.27. The maximum atomic E-state index is 13.2. The van der Waals surface area contributed by atoms with Gasteiger partial charge in [0.1, 0.15) is 17.4 Å². The van der Waals surface area contributed by atoms with Gasteiger partial charge < -0.3 is 10.1 Å². The molecule has 1 N–H and O–H groups in total. The normalized spacial score (nSPS) is 10.8. The first-order chi connectivity index (χ1) is 17.0. The molecule has 1 aromatic heterocycles. The highest BCUT2D eigenvalue weighted by Gasteiger charge is 2.16. The molecular formula is C26H24ClFN4O2S. The number of aromatic nitrogens is 3. The number of hydrogen-bond acceptors (Lipinski definition) is 5. The van der Waals surface area contributed by atoms with Gasteiger partial charge in [-0.2, -0.15) is 0 Å². The standard InChI is InChI=1S/C26H24ClFN4O2S/c1-34-23-8-3-2-5-19(23)16-29-25(33)14-13-24-30-31-26(32(24)22-7-4-6-20(27)15-22)35-17-18-9-11-21(28)12-10-18/h2-12,15H,13-14,16-17H2,1H3,(H,29,33). The summed E-state index contributed by atoms with van der Waals surface area (Å²) in [5.41, 5.74) is 2.69. The van der Waals surface area contributed by atoms with Crippen molar-refractivity contribution in [2.24, 2.45) is 0 Å². The second-order valence-corrected chi connectivity index (χ2v) is 9.10. The third kappa shape index (κ3) is 6.61. The Kier molecular flexibility index (Phi) is 8.39. The van der Waals surface area contributed by atoms with Crippen LogP contribution in [0.4, 0.5) is 4.39 Å². The molecule has 3 aromatic carbocycles. The Hall–Kier alpha value is -3.36. The Balaban J connectivity index is 1.46. The third-order valence-corrected chi connectivity index (χ3v) is 6.53. The van der Waals surface area contributed by atoms with Crippen molar-refractivity contribution < 1.29 is 13.9 Å². The average molecular weight is 511 g/mol. The van der Waals surface area contributed by atoms with Gasteiger partial charge in [-0.1, -0.05) is 59.8 Å². The number of amides is 1. The Bertz CT molecular complexity index is 1300. The fourth-order valence-electron chi connectivity index (χ4n) is 3.52. The van der Waals surface area contributed by atoms with Crippen molar-refractivity contribution in [1.82, 2.24) is 20.1 Å². The minimum Gasteiger partial charge on any atom is -0.496 e. The molecule has 0 fully saturated rings. The van der Waals surface area contributed by atoms with E-state index >= 15 is 0 Å². The van der Waals surface area contributed by atoms with E-state index in [1.165, 1.54) is 23.9 Å². The van der Waals surface area contributed by atoms with E-state index in [0.29, 0.717) is 34.7 Å². The monoisotopic (exact) mass is 510 g/mol. The minimum absolute atomic E-state index is 0.0999. The molecule has 4 aromatic rings. The second kappa shape index (κ2) is 11.9. The summed E-state index contributed by atoms with van der Waals surface area (Å²) in [6.45, 7) is 0.378. The summed E-state index contributed by atoms with van der Waals surface area (Å²) in [5.74, 6) is 1.61. The molecule has 1 heterocycles. The van der Waals surface area contributed by atoms with Crippen molar-refractivity contribution in [3.63, 3.8) is 0 Å². The van der Waals surface area contributed by atoms with Crippen LogP contribution in [0.3, 0.4) is 0 Å². The van der Waals surface area contributed by atoms with Crippen LogP contribution in [0.2, 0.25) is 5.02 Å². The van der Waals surface area contributed by atoms with Crippen LogP contribution in [0.5, 0.6) is 5.75 Å². The molecule has 0 atom stereocenters. The molecule has 0 aliphatic rings. The number of para-hydroxylation sites is 1. The number of nitrogens with zero attached hydrogens (tertiary/aromatic N) is 3. The number of thioether (sulfide) groups is 1. The summed E-state index contributed by atoms with van der Waals surface area (Å²) in [7, 11) is 1.61. The zero-order valence-electron chi connectivity index (χ0n) is 19.1. The maximum absolute atomic E-state index is 13.2. The summed E-state index contributed by atoms with van der Waals surface area (Å²) < 4.78 is 20.5. The van der Waals surface area contributed by atoms with Crippen molar-refractivity contribution in [3.05, 3.63) is 101 Å². The molecule has 0 spiro atoms. The van der Waals surface area contributed by atoms with Gasteiger partial charge in [0.15, 0.2) is 5.16 Å². The van der Waals surface area contributed by atoms with Crippen LogP contribution < -0.4 is 10.1 Å². The average Bonchev–Trinajstić information content (AvgIpc) is 3.29. The molecule has 9 heteroatoms. The van der Waals surface area contributed by atoms with Crippen molar-refractivity contribution >= 4 is 29.3 Å². The van der Waals surface area contributed by atoms with Gasteiger partial charge in [0.25, 0.3) is 0 Å². The van der Waals surface area contributed by atoms with Gasteiger partial charge in [0, 0.05) is 35.7 Å². The van der Waals surface area contributed by atoms with Crippen LogP contribution in [-0.2, 0) is 23.5 Å². The van der Waals surface area contributed by atoms with E-state index in [9.17, 15) is 9.18 Å². The van der Waals surface area contributed by atoms with Crippen LogP contribution in [0.1, 0.15) is 23.4 Å². The molecule has 4 rings (SSSR count). The highest BCUT2D eigenvalue weighted by atomic mass is 35.5. The first-order valence-corrected chi connectivity index (χ1v) is 12.4. The molecule has 35 heavy (non-hydrogen) atoms. The van der Waals surface area contributed by atoms with E-state index in [1.54, 1.807) is 25.3 Å². The zero-order valence-corrected chi connectivity index (χ0v) is 20.7. The van der Waals surface area contributed by atoms with Crippen LogP contribution in [0.25, 0.3) is 5.69 Å². The van der Waals surface area contributed by atoms with E-state index in [4.69, 9.17) is 16.3 Å². The molecule has 0 aliphatic heterocycles. The Labute approximate surface area is 212 Å². The predicted molar refractivity (Wildman–Crippen MR) is 135 cm³/mol. The zero-order chi connectivity index (χ0) is 24.6. The number of ether oxygens (including phenoxy) is 1. The van der Waals surface area contributed by atoms with E-state index in [1.807, 2.05) is 47.0 Å². The Morgan fingerprint density at radius 3 is 2.66 bits per heavy atom. The van der Waals surface area contributed by atoms with Gasteiger partial charge in [-0.3, -0.25) is 9.36 Å². The Morgan fingerprint density at radius 1 is 1.09 bits per heavy atom. The van der Waals surface area contributed by atoms with Crippen molar-refractivity contribution in [2.45, 2.75) is 30.3 Å². The molecule has 0 saturated heterocycles. The summed E-state index contributed by atoms with van der Waals surface area (Å²) in [6, 6.07) is 21.3. The van der Waals surface area contributed by atoms with Crippen molar-refractivity contribution in [1.29, 1.82) is 0 Å². The number of carbonyl (C=O) groups excluding carboxylic acids is 1. The number of rotatable bonds is 10. The lowest BCUT2D eigenvalue weighted by Gasteiger charge is -2.12. The number of benzene rings is 3. The van der Waals surface area contributed by atoms with Gasteiger partial charge in [0.2, 0.25) is 5.91 Å². The number of hydrogen-bond donors (Lipinski definition) is 1. The van der Waals surface area contributed by atoms with Gasteiger partial charge in [-0.15, -0.1) is 10.2 Å². The number of nitrogens with one attached hydrogen (secondary N) is 1. The molecule has 0 radical (unpaired) electrons. The number of aryl methyl sites for hydroxylation is 1. The number of carbonyl (C=O) groups is 1. The summed E-state index contributed by atoms with van der Waals surface area (Å²) in [4.78, 5) is 12.6. The third-order valence-electron chi connectivity index (χ3n) is 5.29. The first kappa shape index (κ1) is 24.8. The lowest BCUT2D eigenvalue weighted by Crippen LogP contribution is -2.23. The van der Waals surface area contributed by atoms with E-state index in [-0.39, 0.29) is 18.1 Å². The predicted octanol–water partition coefficient (Wildman–Crippen LogP) is 5.61. The Morgan fingerprint density at radius 2 is 1.89 bits per heavy atom. The molecule has 180 valence electrons. The SMILES string of the molecule is COc1ccccc1CNC(=O)CCc1nnc(SCc2ccc(F)cc2)n1-c1cccc(Cl)c1. The molecule has 0 aliphatic carbocycles. The summed E-state index contributed by atoms with van der Waals surface area (Å²) in [6.07, 6.45) is 0.644. The molecule has 0 unspecified atom stereocenters. The maximum Gasteiger partial charge on any atom is 0.220 e. The quantitative estimate of drug-likeness (QED) is 0.281. The van der Waals surface area contributed by atoms with Gasteiger partial charge in [-0.05, 0) is 42.0 Å². The van der Waals surface area contributed by atoms with Crippen LogP contribution >= 0.6 is 23.4 Å². The molecule has 0 saturated carbocycles. The van der Waals surface area contributed by atoms with Crippen LogP contribution in [-0.4, -0.2) is 27.8 Å². The van der Waals surface area contributed by atoms with E-state index in [2.05, 4.69) is 15.5 Å². The first-order valence-electron chi connectivity index (χ1n) is 11.0. The van der Waals surface area contributed by atoms with Crippen LogP contribution in [0, 0.1) is 5.82 Å². The topological polar surface area (TPSA) is 69.0 Å². The van der Waals surface area contributed by atoms with E-state index < -0.39 is 0 Å². The molecule has 1 amide bonds. The van der Waals surface area contributed by atoms with E-state index in [0.717, 1.165) is 22.6 Å². The minimum atomic E-state index is -0.271. The lowest BCUT2D eigenvalue weighted by atomic mass is 10.2. The van der Waals surface area contributed by atoms with Gasteiger partial charge in [0.05, 0.1) is 12.8 Å². The molecule has 6 nitrogen and oxygen atoms in total. The van der Waals surface area contributed by atoms with Crippen molar-refractivity contribution in [2.75, 3.05) is 7.11 Å². The summed E-state index contributed by atoms with van der Waals surface area (Å²) in [5, 5.41) is 12.9. The number of halogens is 2. The number of methoxy groups -OCH3 is 1. The van der Waals surface area contributed by atoms with Crippen molar-refractivity contribution in [3.8, 4) is 11.4 Å². The molecule has 0 bridgehead atoms. The second-order valence-electron chi connectivity index (χ2n) is 7.72.